The summed E-state index contributed by atoms with van der Waals surface area (Å²) in [5.74, 6) is -0.994. The number of thiazole rings is 1. The van der Waals surface area contributed by atoms with Crippen molar-refractivity contribution in [1.29, 1.82) is 0 Å². The molecule has 4 aromatic rings. The monoisotopic (exact) mass is 487 g/mol. The molecule has 0 unspecified atom stereocenters. The van der Waals surface area contributed by atoms with E-state index in [0.29, 0.717) is 5.69 Å². The molecule has 10 heteroatoms. The number of amides is 1. The summed E-state index contributed by atoms with van der Waals surface area (Å²) in [6, 6.07) is 15.9. The van der Waals surface area contributed by atoms with Crippen LogP contribution < -0.4 is 10.0 Å². The second kappa shape index (κ2) is 9.07. The highest BCUT2D eigenvalue weighted by molar-refractivity contribution is 7.92. The Morgan fingerprint density at radius 2 is 1.66 bits per heavy atom. The topological polar surface area (TPSA) is 88.2 Å². The first-order chi connectivity index (χ1) is 15.3. The Balaban J connectivity index is 1.53. The molecule has 0 radical (unpaired) electrons. The van der Waals surface area contributed by atoms with Crippen LogP contribution in [0.2, 0.25) is 5.02 Å². The van der Waals surface area contributed by atoms with Crippen LogP contribution in [0.15, 0.2) is 83.2 Å². The van der Waals surface area contributed by atoms with E-state index < -0.39 is 21.7 Å². The molecule has 0 aliphatic heterocycles. The van der Waals surface area contributed by atoms with Gasteiger partial charge in [-0.2, -0.15) is 0 Å². The Kier molecular flexibility index (Phi) is 6.22. The predicted molar refractivity (Wildman–Crippen MR) is 124 cm³/mol. The van der Waals surface area contributed by atoms with Gasteiger partial charge in [0.25, 0.3) is 15.9 Å². The van der Waals surface area contributed by atoms with Crippen molar-refractivity contribution in [2.45, 2.75) is 4.90 Å². The molecule has 162 valence electrons. The minimum atomic E-state index is -4.11. The number of nitrogens with zero attached hydrogens (tertiary/aromatic N) is 1. The van der Waals surface area contributed by atoms with Crippen LogP contribution in [0.1, 0.15) is 10.4 Å². The Hall–Kier alpha value is -3.27. The maximum Gasteiger partial charge on any atom is 0.263 e. The lowest BCUT2D eigenvalue weighted by atomic mass is 10.2. The SMILES string of the molecule is O=C(Nc1ccc(-c2nccs2)cc1)c1ccc(Cl)c(S(=O)(=O)Nc2ccc(F)cc2)c1. The van der Waals surface area contributed by atoms with E-state index in [-0.39, 0.29) is 21.2 Å². The van der Waals surface area contributed by atoms with E-state index in [0.717, 1.165) is 22.7 Å². The summed E-state index contributed by atoms with van der Waals surface area (Å²) in [6.45, 7) is 0. The molecule has 0 fully saturated rings. The highest BCUT2D eigenvalue weighted by Gasteiger charge is 2.20. The van der Waals surface area contributed by atoms with Crippen LogP contribution in [-0.4, -0.2) is 19.3 Å². The molecule has 3 aromatic carbocycles. The van der Waals surface area contributed by atoms with Crippen LogP contribution >= 0.6 is 22.9 Å². The van der Waals surface area contributed by atoms with Crippen molar-refractivity contribution < 1.29 is 17.6 Å². The fourth-order valence-corrected chi connectivity index (χ4v) is 5.07. The Bertz CT molecular complexity index is 1360. The van der Waals surface area contributed by atoms with E-state index in [1.807, 2.05) is 17.5 Å². The van der Waals surface area contributed by atoms with Gasteiger partial charge >= 0.3 is 0 Å². The zero-order valence-corrected chi connectivity index (χ0v) is 18.6. The Labute approximate surface area is 192 Å². The van der Waals surface area contributed by atoms with Gasteiger partial charge in [0.2, 0.25) is 0 Å². The number of aromatic nitrogens is 1. The summed E-state index contributed by atoms with van der Waals surface area (Å²) >= 11 is 7.59. The first-order valence-corrected chi connectivity index (χ1v) is 12.0. The number of rotatable bonds is 6. The minimum absolute atomic E-state index is 0.0519. The maximum atomic E-state index is 13.1. The number of hydrogen-bond donors (Lipinski definition) is 2. The first-order valence-electron chi connectivity index (χ1n) is 9.21. The summed E-state index contributed by atoms with van der Waals surface area (Å²) in [5, 5.41) is 5.42. The average Bonchev–Trinajstić information content (AvgIpc) is 3.31. The van der Waals surface area contributed by atoms with Gasteiger partial charge in [-0.25, -0.2) is 17.8 Å². The zero-order chi connectivity index (χ0) is 22.7. The van der Waals surface area contributed by atoms with Crippen molar-refractivity contribution in [2.24, 2.45) is 0 Å². The van der Waals surface area contributed by atoms with Gasteiger partial charge in [0, 0.05) is 34.1 Å². The van der Waals surface area contributed by atoms with Gasteiger partial charge in [0.05, 0.1) is 5.02 Å². The van der Waals surface area contributed by atoms with Crippen LogP contribution in [-0.2, 0) is 10.0 Å². The molecule has 1 amide bonds. The lowest BCUT2D eigenvalue weighted by Gasteiger charge is -2.12. The Morgan fingerprint density at radius 1 is 0.969 bits per heavy atom. The van der Waals surface area contributed by atoms with Crippen LogP contribution in [0.4, 0.5) is 15.8 Å². The average molecular weight is 488 g/mol. The van der Waals surface area contributed by atoms with Crippen LogP contribution in [0.25, 0.3) is 10.6 Å². The quantitative estimate of drug-likeness (QED) is 0.367. The molecular formula is C22H15ClFN3O3S2. The second-order valence-electron chi connectivity index (χ2n) is 6.63. The Morgan fingerprint density at radius 3 is 2.31 bits per heavy atom. The van der Waals surface area contributed by atoms with Crippen molar-refractivity contribution in [3.8, 4) is 10.6 Å². The fourth-order valence-electron chi connectivity index (χ4n) is 2.84. The number of benzene rings is 3. The molecule has 4 rings (SSSR count). The molecule has 6 nitrogen and oxygen atoms in total. The number of nitrogens with one attached hydrogen (secondary N) is 2. The van der Waals surface area contributed by atoms with Crippen molar-refractivity contribution in [3.05, 3.63) is 94.7 Å². The molecule has 32 heavy (non-hydrogen) atoms. The van der Waals surface area contributed by atoms with Gasteiger partial charge in [0.15, 0.2) is 0 Å². The van der Waals surface area contributed by atoms with Crippen LogP contribution in [0.3, 0.4) is 0 Å². The van der Waals surface area contributed by atoms with Crippen molar-refractivity contribution >= 4 is 50.2 Å². The maximum absolute atomic E-state index is 13.1. The molecule has 1 heterocycles. The standard InChI is InChI=1S/C22H15ClFN3O3S2/c23-19-10-3-15(13-20(19)32(29,30)27-18-8-4-16(24)5-9-18)21(28)26-17-6-1-14(2-7-17)22-25-11-12-31-22/h1-13,27H,(H,26,28). The van der Waals surface area contributed by atoms with E-state index >= 15 is 0 Å². The van der Waals surface area contributed by atoms with E-state index in [1.54, 1.807) is 18.3 Å². The summed E-state index contributed by atoms with van der Waals surface area (Å²) in [7, 11) is -4.11. The fraction of sp³-hybridized carbons (Fsp3) is 0. The molecule has 0 atom stereocenters. The van der Waals surface area contributed by atoms with Crippen LogP contribution in [0.5, 0.6) is 0 Å². The van der Waals surface area contributed by atoms with E-state index in [4.69, 9.17) is 11.6 Å². The number of sulfonamides is 1. The summed E-state index contributed by atoms with van der Waals surface area (Å²) in [5.41, 5.74) is 1.74. The molecule has 0 spiro atoms. The molecule has 0 bridgehead atoms. The number of carbonyl (C=O) groups excluding carboxylic acids is 1. The number of halogens is 2. The lowest BCUT2D eigenvalue weighted by Crippen LogP contribution is -2.16. The van der Waals surface area contributed by atoms with E-state index in [2.05, 4.69) is 15.0 Å². The van der Waals surface area contributed by atoms with E-state index in [1.165, 1.54) is 41.7 Å². The third-order valence-corrected chi connectivity index (χ3v) is 7.09. The van der Waals surface area contributed by atoms with Gasteiger partial charge in [0.1, 0.15) is 15.7 Å². The van der Waals surface area contributed by atoms with E-state index in [9.17, 15) is 17.6 Å². The molecule has 0 saturated heterocycles. The molecule has 0 aliphatic carbocycles. The summed E-state index contributed by atoms with van der Waals surface area (Å²) < 4.78 is 40.9. The van der Waals surface area contributed by atoms with Gasteiger partial charge < -0.3 is 5.32 Å². The van der Waals surface area contributed by atoms with Crippen LogP contribution in [0, 0.1) is 5.82 Å². The molecule has 0 saturated carbocycles. The highest BCUT2D eigenvalue weighted by atomic mass is 35.5. The minimum Gasteiger partial charge on any atom is -0.322 e. The number of anilines is 2. The lowest BCUT2D eigenvalue weighted by molar-refractivity contribution is 0.102. The van der Waals surface area contributed by atoms with Crippen molar-refractivity contribution in [1.82, 2.24) is 4.98 Å². The number of hydrogen-bond acceptors (Lipinski definition) is 5. The summed E-state index contributed by atoms with van der Waals surface area (Å²) in [6.07, 6.45) is 1.72. The van der Waals surface area contributed by atoms with Gasteiger partial charge in [-0.05, 0) is 66.7 Å². The normalized spacial score (nSPS) is 11.2. The molecule has 1 aromatic heterocycles. The highest BCUT2D eigenvalue weighted by Crippen LogP contribution is 2.27. The molecule has 2 N–H and O–H groups in total. The van der Waals surface area contributed by atoms with Crippen molar-refractivity contribution in [2.75, 3.05) is 10.0 Å². The van der Waals surface area contributed by atoms with Gasteiger partial charge in [-0.1, -0.05) is 11.6 Å². The third kappa shape index (κ3) is 4.96. The number of carbonyl (C=O) groups is 1. The first kappa shape index (κ1) is 21.9. The smallest absolute Gasteiger partial charge is 0.263 e. The predicted octanol–water partition coefficient (Wildman–Crippen LogP) is 5.66. The van der Waals surface area contributed by atoms with Crippen molar-refractivity contribution in [3.63, 3.8) is 0 Å². The molecule has 0 aliphatic rings. The van der Waals surface area contributed by atoms with Gasteiger partial charge in [-0.15, -0.1) is 11.3 Å². The molecular weight excluding hydrogens is 473 g/mol. The zero-order valence-electron chi connectivity index (χ0n) is 16.2. The second-order valence-corrected chi connectivity index (χ2v) is 9.58. The largest absolute Gasteiger partial charge is 0.322 e. The third-order valence-electron chi connectivity index (χ3n) is 4.40. The van der Waals surface area contributed by atoms with Gasteiger partial charge in [-0.3, -0.25) is 9.52 Å². The summed E-state index contributed by atoms with van der Waals surface area (Å²) in [4.78, 5) is 16.7.